The molecule has 1 aliphatic rings. The number of rotatable bonds is 8. The third-order valence-electron chi connectivity index (χ3n) is 7.29. The number of benzene rings is 3. The Balaban J connectivity index is 1.17. The van der Waals surface area contributed by atoms with Crippen LogP contribution in [0.15, 0.2) is 97.2 Å². The molecule has 5 aromatic rings. The average Bonchev–Trinajstić information content (AvgIpc) is 3.39. The van der Waals surface area contributed by atoms with E-state index in [0.29, 0.717) is 13.1 Å². The lowest BCUT2D eigenvalue weighted by Gasteiger charge is -2.34. The second-order valence-electron chi connectivity index (χ2n) is 10.1. The summed E-state index contributed by atoms with van der Waals surface area (Å²) in [6.07, 6.45) is 5.21. The number of aryl methyl sites for hydroxylation is 1. The first-order valence-electron chi connectivity index (χ1n) is 13.5. The summed E-state index contributed by atoms with van der Waals surface area (Å²) in [5.41, 5.74) is 7.62. The van der Waals surface area contributed by atoms with Crippen molar-refractivity contribution in [3.8, 4) is 0 Å². The van der Waals surface area contributed by atoms with Crippen molar-refractivity contribution in [3.63, 3.8) is 0 Å². The number of para-hydroxylation sites is 3. The van der Waals surface area contributed by atoms with Gasteiger partial charge in [-0.25, -0.2) is 9.78 Å². The number of nitrogens with one attached hydrogen (secondary N) is 3. The first-order valence-corrected chi connectivity index (χ1v) is 13.5. The monoisotopic (exact) mass is 516 g/mol. The summed E-state index contributed by atoms with van der Waals surface area (Å²) in [6.45, 7) is 1.94. The van der Waals surface area contributed by atoms with E-state index in [2.05, 4.69) is 56.9 Å². The van der Waals surface area contributed by atoms with Crippen LogP contribution in [0.25, 0.3) is 11.0 Å². The molecule has 3 aromatic carbocycles. The van der Waals surface area contributed by atoms with Gasteiger partial charge in [0.05, 0.1) is 29.3 Å². The van der Waals surface area contributed by atoms with Gasteiger partial charge in [0.15, 0.2) is 0 Å². The SMILES string of the molecule is O=C(NCc1ccc(CN(Cc2nc3ccccc3[nH]2)C2CCCc3cccnc32)cc1)Nc1ccccc1. The van der Waals surface area contributed by atoms with Crippen LogP contribution >= 0.6 is 0 Å². The van der Waals surface area contributed by atoms with Gasteiger partial charge in [0.2, 0.25) is 0 Å². The normalized spacial score (nSPS) is 14.7. The second-order valence-corrected chi connectivity index (χ2v) is 10.1. The number of nitrogens with zero attached hydrogens (tertiary/aromatic N) is 3. The van der Waals surface area contributed by atoms with Crippen LogP contribution in [0, 0.1) is 0 Å². The Kier molecular flexibility index (Phi) is 7.32. The second kappa shape index (κ2) is 11.5. The Morgan fingerprint density at radius 2 is 1.69 bits per heavy atom. The molecule has 7 heteroatoms. The number of fused-ring (bicyclic) bond motifs is 2. The molecule has 2 heterocycles. The van der Waals surface area contributed by atoms with E-state index in [-0.39, 0.29) is 12.1 Å². The number of hydrogen-bond acceptors (Lipinski definition) is 4. The van der Waals surface area contributed by atoms with E-state index < -0.39 is 0 Å². The Bertz CT molecular complexity index is 1510. The van der Waals surface area contributed by atoms with Gasteiger partial charge in [-0.15, -0.1) is 0 Å². The third-order valence-corrected chi connectivity index (χ3v) is 7.29. The molecule has 196 valence electrons. The van der Waals surface area contributed by atoms with Crippen LogP contribution in [0.1, 0.15) is 47.1 Å². The number of carbonyl (C=O) groups is 1. The molecule has 3 N–H and O–H groups in total. The summed E-state index contributed by atoms with van der Waals surface area (Å²) >= 11 is 0. The van der Waals surface area contributed by atoms with E-state index in [1.807, 2.05) is 60.8 Å². The van der Waals surface area contributed by atoms with E-state index in [4.69, 9.17) is 9.97 Å². The van der Waals surface area contributed by atoms with Crippen LogP contribution in [-0.2, 0) is 26.1 Å². The smallest absolute Gasteiger partial charge is 0.319 e. The first kappa shape index (κ1) is 24.8. The minimum atomic E-state index is -0.217. The Morgan fingerprint density at radius 3 is 2.54 bits per heavy atom. The lowest BCUT2D eigenvalue weighted by molar-refractivity contribution is 0.153. The average molecular weight is 517 g/mol. The van der Waals surface area contributed by atoms with Gasteiger partial charge in [-0.2, -0.15) is 0 Å². The topological polar surface area (TPSA) is 85.9 Å². The number of hydrogen-bond donors (Lipinski definition) is 3. The van der Waals surface area contributed by atoms with Crippen molar-refractivity contribution in [2.24, 2.45) is 0 Å². The minimum absolute atomic E-state index is 0.217. The zero-order valence-electron chi connectivity index (χ0n) is 21.8. The zero-order valence-corrected chi connectivity index (χ0v) is 21.8. The molecule has 1 unspecified atom stereocenters. The fourth-order valence-electron chi connectivity index (χ4n) is 5.37. The molecule has 2 amide bonds. The highest BCUT2D eigenvalue weighted by atomic mass is 16.2. The molecule has 0 saturated heterocycles. The molecule has 0 aliphatic heterocycles. The fraction of sp³-hybridized carbons (Fsp3) is 0.219. The quantitative estimate of drug-likeness (QED) is 0.224. The van der Waals surface area contributed by atoms with E-state index >= 15 is 0 Å². The standard InChI is InChI=1S/C32H32N6O/c39-32(35-26-10-2-1-3-11-26)34-20-23-15-17-24(18-16-23)21-38(22-30-36-27-12-4-5-13-28(27)37-30)29-14-6-8-25-9-7-19-33-31(25)29/h1-5,7,9-13,15-19,29H,6,8,14,20-22H2,(H,36,37)(H2,34,35,39). The van der Waals surface area contributed by atoms with Gasteiger partial charge in [0.1, 0.15) is 5.82 Å². The number of H-pyrrole nitrogens is 1. The fourth-order valence-corrected chi connectivity index (χ4v) is 5.37. The van der Waals surface area contributed by atoms with E-state index in [1.54, 1.807) is 0 Å². The molecule has 0 bridgehead atoms. The number of carbonyl (C=O) groups excluding carboxylic acids is 1. The van der Waals surface area contributed by atoms with Crippen molar-refractivity contribution in [1.82, 2.24) is 25.2 Å². The molecule has 0 radical (unpaired) electrons. The first-order chi connectivity index (χ1) is 19.2. The van der Waals surface area contributed by atoms with Crippen LogP contribution in [0.3, 0.4) is 0 Å². The van der Waals surface area contributed by atoms with Crippen molar-refractivity contribution in [2.75, 3.05) is 5.32 Å². The lowest BCUT2D eigenvalue weighted by atomic mass is 9.90. The van der Waals surface area contributed by atoms with Crippen LogP contribution < -0.4 is 10.6 Å². The van der Waals surface area contributed by atoms with Crippen LogP contribution in [0.4, 0.5) is 10.5 Å². The molecule has 1 aliphatic carbocycles. The Morgan fingerprint density at radius 1 is 0.897 bits per heavy atom. The van der Waals surface area contributed by atoms with Crippen molar-refractivity contribution >= 4 is 22.8 Å². The van der Waals surface area contributed by atoms with Gasteiger partial charge < -0.3 is 15.6 Å². The maximum atomic E-state index is 12.3. The highest BCUT2D eigenvalue weighted by molar-refractivity contribution is 5.89. The lowest BCUT2D eigenvalue weighted by Crippen LogP contribution is -2.32. The molecule has 0 saturated carbocycles. The number of imidazole rings is 1. The largest absolute Gasteiger partial charge is 0.341 e. The molecular weight excluding hydrogens is 484 g/mol. The molecular formula is C32H32N6O. The minimum Gasteiger partial charge on any atom is -0.341 e. The predicted molar refractivity (Wildman–Crippen MR) is 154 cm³/mol. The van der Waals surface area contributed by atoms with E-state index in [9.17, 15) is 4.79 Å². The molecule has 2 aromatic heterocycles. The summed E-state index contributed by atoms with van der Waals surface area (Å²) in [5.74, 6) is 0.963. The van der Waals surface area contributed by atoms with Gasteiger partial charge in [0.25, 0.3) is 0 Å². The number of aromatic amines is 1. The van der Waals surface area contributed by atoms with Crippen molar-refractivity contribution in [1.29, 1.82) is 0 Å². The Labute approximate surface area is 228 Å². The van der Waals surface area contributed by atoms with Gasteiger partial charge in [-0.1, -0.05) is 60.7 Å². The number of aromatic nitrogens is 3. The zero-order chi connectivity index (χ0) is 26.4. The summed E-state index contributed by atoms with van der Waals surface area (Å²) in [7, 11) is 0. The summed E-state index contributed by atoms with van der Waals surface area (Å²) < 4.78 is 0. The predicted octanol–water partition coefficient (Wildman–Crippen LogP) is 6.36. The number of urea groups is 1. The van der Waals surface area contributed by atoms with Gasteiger partial charge in [-0.3, -0.25) is 9.88 Å². The van der Waals surface area contributed by atoms with Crippen LogP contribution in [0.5, 0.6) is 0 Å². The Hall–Kier alpha value is -4.49. The molecule has 6 rings (SSSR count). The van der Waals surface area contributed by atoms with Crippen LogP contribution in [-0.4, -0.2) is 25.9 Å². The van der Waals surface area contributed by atoms with Gasteiger partial charge in [0, 0.05) is 25.0 Å². The van der Waals surface area contributed by atoms with E-state index in [0.717, 1.165) is 53.9 Å². The van der Waals surface area contributed by atoms with Crippen molar-refractivity contribution in [3.05, 3.63) is 125 Å². The molecule has 39 heavy (non-hydrogen) atoms. The molecule has 1 atom stereocenters. The number of amides is 2. The number of pyridine rings is 1. The summed E-state index contributed by atoms with van der Waals surface area (Å²) in [6, 6.07) is 30.4. The molecule has 0 spiro atoms. The third kappa shape index (κ3) is 5.99. The summed E-state index contributed by atoms with van der Waals surface area (Å²) in [4.78, 5) is 27.9. The van der Waals surface area contributed by atoms with Crippen molar-refractivity contribution in [2.45, 2.75) is 44.9 Å². The van der Waals surface area contributed by atoms with Gasteiger partial charge in [-0.05, 0) is 66.3 Å². The van der Waals surface area contributed by atoms with Crippen molar-refractivity contribution < 1.29 is 4.79 Å². The molecule has 0 fully saturated rings. The maximum Gasteiger partial charge on any atom is 0.319 e. The molecule has 7 nitrogen and oxygen atoms in total. The van der Waals surface area contributed by atoms with Gasteiger partial charge >= 0.3 is 6.03 Å². The van der Waals surface area contributed by atoms with Crippen LogP contribution in [0.2, 0.25) is 0 Å². The summed E-state index contributed by atoms with van der Waals surface area (Å²) in [5, 5.41) is 5.79. The van der Waals surface area contributed by atoms with E-state index in [1.165, 1.54) is 16.8 Å². The number of anilines is 1. The highest BCUT2D eigenvalue weighted by Crippen LogP contribution is 2.34. The maximum absolute atomic E-state index is 12.3. The highest BCUT2D eigenvalue weighted by Gasteiger charge is 2.28.